The second-order valence-corrected chi connectivity index (χ2v) is 6.60. The van der Waals surface area contributed by atoms with E-state index in [4.69, 9.17) is 0 Å². The quantitative estimate of drug-likeness (QED) is 0.851. The van der Waals surface area contributed by atoms with Crippen LogP contribution >= 0.6 is 0 Å². The summed E-state index contributed by atoms with van der Waals surface area (Å²) in [5, 5.41) is 12.2. The first kappa shape index (κ1) is 12.2. The normalized spacial score (nSPS) is 30.1. The third-order valence-electron chi connectivity index (χ3n) is 5.38. The van der Waals surface area contributed by atoms with Crippen LogP contribution in [0.1, 0.15) is 44.9 Å². The first-order valence-corrected chi connectivity index (χ1v) is 8.09. The van der Waals surface area contributed by atoms with Gasteiger partial charge in [0.15, 0.2) is 0 Å². The highest BCUT2D eigenvalue weighted by Crippen LogP contribution is 2.41. The topological polar surface area (TPSA) is 40.7 Å². The summed E-state index contributed by atoms with van der Waals surface area (Å²) in [6.45, 7) is 0. The number of hydrogen-bond donors (Lipinski definition) is 2. The zero-order valence-electron chi connectivity index (χ0n) is 11.9. The second kappa shape index (κ2) is 5.12. The van der Waals surface area contributed by atoms with Crippen molar-refractivity contribution in [1.29, 1.82) is 0 Å². The van der Waals surface area contributed by atoms with E-state index in [1.807, 2.05) is 6.20 Å². The molecular formula is C17H23N3. The molecule has 0 aliphatic heterocycles. The van der Waals surface area contributed by atoms with Crippen molar-refractivity contribution >= 4 is 16.6 Å². The molecule has 0 spiro atoms. The van der Waals surface area contributed by atoms with Crippen LogP contribution in [0, 0.1) is 11.8 Å². The molecule has 2 aromatic rings. The highest BCUT2D eigenvalue weighted by molar-refractivity contribution is 5.89. The molecule has 1 aromatic carbocycles. The number of fused-ring (bicyclic) bond motifs is 2. The Kier molecular flexibility index (Phi) is 3.13. The highest BCUT2D eigenvalue weighted by Gasteiger charge is 2.32. The summed E-state index contributed by atoms with van der Waals surface area (Å²) < 4.78 is 0. The van der Waals surface area contributed by atoms with Gasteiger partial charge < -0.3 is 5.32 Å². The SMILES string of the molecule is c1cc(NC2CCC3CCCCC3C2)c2[nH]ncc2c1. The predicted octanol–water partition coefficient (Wildman–Crippen LogP) is 4.33. The Morgan fingerprint density at radius 2 is 1.95 bits per heavy atom. The molecule has 2 saturated carbocycles. The fourth-order valence-electron chi connectivity index (χ4n) is 4.31. The molecule has 0 amide bonds. The number of para-hydroxylation sites is 1. The molecule has 0 saturated heterocycles. The minimum atomic E-state index is 0.642. The summed E-state index contributed by atoms with van der Waals surface area (Å²) in [6.07, 6.45) is 11.8. The van der Waals surface area contributed by atoms with Crippen LogP contribution in [-0.4, -0.2) is 16.2 Å². The van der Waals surface area contributed by atoms with E-state index < -0.39 is 0 Å². The van der Waals surface area contributed by atoms with Crippen LogP contribution in [0.4, 0.5) is 5.69 Å². The largest absolute Gasteiger partial charge is 0.381 e. The molecule has 2 aliphatic rings. The first-order valence-electron chi connectivity index (χ1n) is 8.09. The van der Waals surface area contributed by atoms with Gasteiger partial charge in [-0.1, -0.05) is 37.8 Å². The molecule has 0 bridgehead atoms. The predicted molar refractivity (Wildman–Crippen MR) is 82.8 cm³/mol. The van der Waals surface area contributed by atoms with Crippen LogP contribution in [0.15, 0.2) is 24.4 Å². The number of nitrogens with zero attached hydrogens (tertiary/aromatic N) is 1. The van der Waals surface area contributed by atoms with E-state index in [0.717, 1.165) is 17.4 Å². The summed E-state index contributed by atoms with van der Waals surface area (Å²) >= 11 is 0. The lowest BCUT2D eigenvalue weighted by Gasteiger charge is -2.39. The third kappa shape index (κ3) is 2.19. The minimum absolute atomic E-state index is 0.642. The summed E-state index contributed by atoms with van der Waals surface area (Å²) in [4.78, 5) is 0. The van der Waals surface area contributed by atoms with E-state index in [0.29, 0.717) is 6.04 Å². The Morgan fingerprint density at radius 1 is 1.05 bits per heavy atom. The lowest BCUT2D eigenvalue weighted by Crippen LogP contribution is -2.34. The Bertz CT molecular complexity index is 589. The monoisotopic (exact) mass is 269 g/mol. The van der Waals surface area contributed by atoms with E-state index in [1.165, 1.54) is 56.0 Å². The fraction of sp³-hybridized carbons (Fsp3) is 0.588. The fourth-order valence-corrected chi connectivity index (χ4v) is 4.31. The molecule has 0 radical (unpaired) electrons. The molecule has 2 aliphatic carbocycles. The number of nitrogens with one attached hydrogen (secondary N) is 2. The number of benzene rings is 1. The molecule has 20 heavy (non-hydrogen) atoms. The standard InChI is InChI=1S/C17H23N3/c1-2-5-13-10-15(9-8-12(13)4-1)19-16-7-3-6-14-11-18-20-17(14)16/h3,6-7,11-13,15,19H,1-2,4-5,8-10H2,(H,18,20). The van der Waals surface area contributed by atoms with Crippen molar-refractivity contribution in [2.24, 2.45) is 11.8 Å². The van der Waals surface area contributed by atoms with Crippen molar-refractivity contribution < 1.29 is 0 Å². The van der Waals surface area contributed by atoms with Gasteiger partial charge in [0.05, 0.1) is 17.4 Å². The van der Waals surface area contributed by atoms with Crippen molar-refractivity contribution in [1.82, 2.24) is 10.2 Å². The molecule has 2 fully saturated rings. The molecule has 3 heteroatoms. The average molecular weight is 269 g/mol. The van der Waals surface area contributed by atoms with Gasteiger partial charge in [0, 0.05) is 11.4 Å². The van der Waals surface area contributed by atoms with Gasteiger partial charge in [-0.3, -0.25) is 5.10 Å². The second-order valence-electron chi connectivity index (χ2n) is 6.60. The van der Waals surface area contributed by atoms with Crippen molar-refractivity contribution in [2.75, 3.05) is 5.32 Å². The van der Waals surface area contributed by atoms with Crippen LogP contribution in [0.2, 0.25) is 0 Å². The minimum Gasteiger partial charge on any atom is -0.381 e. The van der Waals surface area contributed by atoms with Gasteiger partial charge >= 0.3 is 0 Å². The summed E-state index contributed by atoms with van der Waals surface area (Å²) in [7, 11) is 0. The van der Waals surface area contributed by atoms with E-state index >= 15 is 0 Å². The van der Waals surface area contributed by atoms with Gasteiger partial charge in [0.2, 0.25) is 0 Å². The maximum atomic E-state index is 4.16. The number of anilines is 1. The van der Waals surface area contributed by atoms with E-state index in [1.54, 1.807) is 0 Å². The lowest BCUT2D eigenvalue weighted by atomic mass is 9.69. The molecule has 1 heterocycles. The molecule has 4 rings (SSSR count). The molecule has 106 valence electrons. The van der Waals surface area contributed by atoms with E-state index in [2.05, 4.69) is 33.7 Å². The molecule has 3 nitrogen and oxygen atoms in total. The van der Waals surface area contributed by atoms with Crippen molar-refractivity contribution in [3.63, 3.8) is 0 Å². The maximum absolute atomic E-state index is 4.16. The van der Waals surface area contributed by atoms with Crippen LogP contribution < -0.4 is 5.32 Å². The first-order chi connectivity index (χ1) is 9.90. The Hall–Kier alpha value is -1.51. The summed E-state index contributed by atoms with van der Waals surface area (Å²) in [5.41, 5.74) is 2.37. The van der Waals surface area contributed by atoms with E-state index in [-0.39, 0.29) is 0 Å². The third-order valence-corrected chi connectivity index (χ3v) is 5.38. The number of aromatic nitrogens is 2. The van der Waals surface area contributed by atoms with Gasteiger partial charge in [-0.15, -0.1) is 0 Å². The Balaban J connectivity index is 1.50. The molecule has 2 N–H and O–H groups in total. The Morgan fingerprint density at radius 3 is 2.90 bits per heavy atom. The molecule has 1 aromatic heterocycles. The summed E-state index contributed by atoms with van der Waals surface area (Å²) in [6, 6.07) is 7.05. The summed E-state index contributed by atoms with van der Waals surface area (Å²) in [5.74, 6) is 1.99. The zero-order valence-corrected chi connectivity index (χ0v) is 11.9. The van der Waals surface area contributed by atoms with Crippen molar-refractivity contribution in [3.05, 3.63) is 24.4 Å². The number of H-pyrrole nitrogens is 1. The van der Waals surface area contributed by atoms with Gasteiger partial charge in [-0.25, -0.2) is 0 Å². The van der Waals surface area contributed by atoms with Crippen molar-refractivity contribution in [3.8, 4) is 0 Å². The molecule has 3 unspecified atom stereocenters. The number of hydrogen-bond acceptors (Lipinski definition) is 2. The molecule has 3 atom stereocenters. The number of rotatable bonds is 2. The number of aromatic amines is 1. The zero-order chi connectivity index (χ0) is 13.4. The average Bonchev–Trinajstić information content (AvgIpc) is 2.97. The van der Waals surface area contributed by atoms with Crippen LogP contribution in [0.5, 0.6) is 0 Å². The Labute approximate surface area is 120 Å². The van der Waals surface area contributed by atoms with Gasteiger partial charge in [0.25, 0.3) is 0 Å². The highest BCUT2D eigenvalue weighted by atomic mass is 15.1. The molecular weight excluding hydrogens is 246 g/mol. The smallest absolute Gasteiger partial charge is 0.0881 e. The van der Waals surface area contributed by atoms with Crippen LogP contribution in [0.25, 0.3) is 10.9 Å². The van der Waals surface area contributed by atoms with E-state index in [9.17, 15) is 0 Å². The van der Waals surface area contributed by atoms with Crippen molar-refractivity contribution in [2.45, 2.75) is 51.0 Å². The van der Waals surface area contributed by atoms with Gasteiger partial charge in [0.1, 0.15) is 0 Å². The maximum Gasteiger partial charge on any atom is 0.0881 e. The lowest BCUT2D eigenvalue weighted by molar-refractivity contribution is 0.162. The van der Waals surface area contributed by atoms with Crippen LogP contribution in [0.3, 0.4) is 0 Å². The van der Waals surface area contributed by atoms with Gasteiger partial charge in [-0.2, -0.15) is 5.10 Å². The van der Waals surface area contributed by atoms with Gasteiger partial charge in [-0.05, 0) is 37.2 Å². The van der Waals surface area contributed by atoms with Crippen LogP contribution in [-0.2, 0) is 0 Å².